The summed E-state index contributed by atoms with van der Waals surface area (Å²) in [4.78, 5) is 0. The maximum absolute atomic E-state index is 6.67. The van der Waals surface area contributed by atoms with Crippen molar-refractivity contribution in [2.75, 3.05) is 20.1 Å². The number of unbranched alkanes of at least 4 members (excludes halogenated alkanes) is 13. The van der Waals surface area contributed by atoms with Gasteiger partial charge in [-0.25, -0.2) is 4.00 Å². The molecule has 1 aromatic carbocycles. The van der Waals surface area contributed by atoms with E-state index in [2.05, 4.69) is 44.3 Å². The number of hydrogen-bond acceptors (Lipinski definition) is 0. The summed E-state index contributed by atoms with van der Waals surface area (Å²) in [7, 11) is 2.16. The molecule has 0 heterocycles. The summed E-state index contributed by atoms with van der Waals surface area (Å²) in [6, 6.07) is 10.7. The first-order valence-corrected chi connectivity index (χ1v) is 12.1. The normalized spacial score (nSPS) is 13.6. The molecular formula is C25H45ClN+. The molecule has 1 nitrogen and oxygen atoms in total. The number of benzene rings is 1. The van der Waals surface area contributed by atoms with E-state index < -0.39 is 0 Å². The van der Waals surface area contributed by atoms with Gasteiger partial charge in [0.1, 0.15) is 0 Å². The molecule has 1 unspecified atom stereocenters. The van der Waals surface area contributed by atoms with Gasteiger partial charge >= 0.3 is 0 Å². The molecule has 156 valence electrons. The molecule has 0 bridgehead atoms. The summed E-state index contributed by atoms with van der Waals surface area (Å²) in [6.07, 6.45) is 20.8. The van der Waals surface area contributed by atoms with Gasteiger partial charge in [-0.15, -0.1) is 0 Å². The predicted octanol–water partition coefficient (Wildman–Crippen LogP) is 8.31. The van der Waals surface area contributed by atoms with Gasteiger partial charge in [-0.2, -0.15) is 0 Å². The summed E-state index contributed by atoms with van der Waals surface area (Å²) >= 11 is 6.67. The van der Waals surface area contributed by atoms with Crippen LogP contribution in [0, 0.1) is 0 Å². The molecule has 27 heavy (non-hydrogen) atoms. The minimum absolute atomic E-state index is 0.632. The van der Waals surface area contributed by atoms with E-state index in [1.165, 1.54) is 95.5 Å². The summed E-state index contributed by atoms with van der Waals surface area (Å²) in [6.45, 7) is 4.40. The molecule has 0 radical (unpaired) electrons. The Hall–Kier alpha value is -0.530. The lowest BCUT2D eigenvalue weighted by Gasteiger charge is -2.24. The maximum atomic E-state index is 6.67. The van der Waals surface area contributed by atoms with Crippen molar-refractivity contribution in [3.05, 3.63) is 35.9 Å². The Morgan fingerprint density at radius 1 is 0.630 bits per heavy atom. The molecule has 0 aliphatic rings. The van der Waals surface area contributed by atoms with Gasteiger partial charge in [0.2, 0.25) is 0 Å². The van der Waals surface area contributed by atoms with Gasteiger partial charge in [-0.3, -0.25) is 0 Å². The van der Waals surface area contributed by atoms with Gasteiger partial charge in [-0.05, 0) is 18.4 Å². The van der Waals surface area contributed by atoms with Crippen molar-refractivity contribution in [1.29, 1.82) is 0 Å². The molecule has 0 aliphatic carbocycles. The van der Waals surface area contributed by atoms with Crippen molar-refractivity contribution in [3.8, 4) is 0 Å². The van der Waals surface area contributed by atoms with Crippen LogP contribution in [0.2, 0.25) is 0 Å². The highest BCUT2D eigenvalue weighted by molar-refractivity contribution is 6.06. The topological polar surface area (TPSA) is 0 Å². The Bertz CT molecular complexity index is 429. The lowest BCUT2D eigenvalue weighted by Crippen LogP contribution is -2.36. The van der Waals surface area contributed by atoms with Crippen LogP contribution in [0.4, 0.5) is 0 Å². The first-order valence-electron chi connectivity index (χ1n) is 11.7. The number of likely N-dealkylation sites (N-methyl/N-ethyl adjacent to an activating group) is 1. The van der Waals surface area contributed by atoms with Gasteiger partial charge < -0.3 is 0 Å². The highest BCUT2D eigenvalue weighted by Gasteiger charge is 2.18. The second kappa shape index (κ2) is 16.4. The lowest BCUT2D eigenvalue weighted by atomic mass is 10.0. The molecule has 0 saturated heterocycles. The molecule has 0 amide bonds. The molecule has 0 fully saturated rings. The van der Waals surface area contributed by atoms with Gasteiger partial charge in [0.05, 0.1) is 20.1 Å². The van der Waals surface area contributed by atoms with E-state index in [4.69, 9.17) is 11.8 Å². The Labute approximate surface area is 175 Å². The third-order valence-corrected chi connectivity index (χ3v) is 6.03. The Kier molecular flexibility index (Phi) is 14.9. The Balaban J connectivity index is 1.86. The van der Waals surface area contributed by atoms with Gasteiger partial charge in [-0.1, -0.05) is 114 Å². The number of hydrogen-bond donors (Lipinski definition) is 0. The standard InChI is InChI=1S/C25H45ClN/c1-3-4-5-6-7-8-9-10-11-12-13-14-15-19-23-27(2,26)24-22-25-20-17-16-18-21-25/h16-18,20-21H,3-15,19,22-24H2,1-2H3/q+1. The van der Waals surface area contributed by atoms with E-state index in [0.29, 0.717) is 4.00 Å². The van der Waals surface area contributed by atoms with Crippen LogP contribution in [0.1, 0.15) is 102 Å². The number of rotatable bonds is 18. The Morgan fingerprint density at radius 2 is 1.07 bits per heavy atom. The molecule has 2 heteroatoms. The third kappa shape index (κ3) is 15.1. The van der Waals surface area contributed by atoms with Crippen LogP contribution in [0.3, 0.4) is 0 Å². The SMILES string of the molecule is CCCCCCCCCCCCCCCC[N+](C)(Cl)CCc1ccccc1. The second-order valence-corrected chi connectivity index (χ2v) is 9.36. The zero-order valence-corrected chi connectivity index (χ0v) is 19.0. The second-order valence-electron chi connectivity index (χ2n) is 8.54. The van der Waals surface area contributed by atoms with Crippen LogP contribution in [0.15, 0.2) is 30.3 Å². The van der Waals surface area contributed by atoms with Crippen molar-refractivity contribution in [3.63, 3.8) is 0 Å². The van der Waals surface area contributed by atoms with Crippen molar-refractivity contribution in [2.45, 2.75) is 103 Å². The first-order chi connectivity index (χ1) is 13.1. The number of quaternary nitrogens is 1. The predicted molar refractivity (Wildman–Crippen MR) is 122 cm³/mol. The van der Waals surface area contributed by atoms with Crippen molar-refractivity contribution < 1.29 is 4.00 Å². The van der Waals surface area contributed by atoms with Crippen molar-refractivity contribution in [1.82, 2.24) is 0 Å². The van der Waals surface area contributed by atoms with E-state index in [-0.39, 0.29) is 0 Å². The highest BCUT2D eigenvalue weighted by atomic mass is 35.5. The van der Waals surface area contributed by atoms with Crippen molar-refractivity contribution >= 4 is 11.8 Å². The summed E-state index contributed by atoms with van der Waals surface area (Å²) in [5, 5.41) is 0. The largest absolute Gasteiger partial charge is 0.224 e. The molecule has 0 aromatic heterocycles. The van der Waals surface area contributed by atoms with E-state index in [1.807, 2.05) is 0 Å². The zero-order chi connectivity index (χ0) is 19.6. The fraction of sp³-hybridized carbons (Fsp3) is 0.760. The van der Waals surface area contributed by atoms with Crippen LogP contribution < -0.4 is 0 Å². The van der Waals surface area contributed by atoms with Crippen molar-refractivity contribution in [2.24, 2.45) is 0 Å². The van der Waals surface area contributed by atoms with E-state index in [1.54, 1.807) is 0 Å². The molecule has 1 aromatic rings. The van der Waals surface area contributed by atoms with E-state index in [0.717, 1.165) is 19.5 Å². The van der Waals surface area contributed by atoms with Gasteiger partial charge in [0.25, 0.3) is 0 Å². The molecular weight excluding hydrogens is 350 g/mol. The smallest absolute Gasteiger partial charge is 0.165 e. The fourth-order valence-electron chi connectivity index (χ4n) is 3.75. The number of nitrogens with zero attached hydrogens (tertiary/aromatic N) is 1. The van der Waals surface area contributed by atoms with E-state index in [9.17, 15) is 0 Å². The zero-order valence-electron chi connectivity index (χ0n) is 18.2. The fourth-order valence-corrected chi connectivity index (χ4v) is 3.96. The maximum Gasteiger partial charge on any atom is 0.165 e. The van der Waals surface area contributed by atoms with Gasteiger partial charge in [0, 0.05) is 6.42 Å². The molecule has 0 aliphatic heterocycles. The van der Waals surface area contributed by atoms with E-state index >= 15 is 0 Å². The highest BCUT2D eigenvalue weighted by Crippen LogP contribution is 2.16. The summed E-state index contributed by atoms with van der Waals surface area (Å²) in [5.74, 6) is 0. The average Bonchev–Trinajstić information content (AvgIpc) is 2.67. The average molecular weight is 395 g/mol. The summed E-state index contributed by atoms with van der Waals surface area (Å²) in [5.41, 5.74) is 1.39. The van der Waals surface area contributed by atoms with Gasteiger partial charge in [0.15, 0.2) is 11.8 Å². The molecule has 0 N–H and O–H groups in total. The quantitative estimate of drug-likeness (QED) is 0.173. The summed E-state index contributed by atoms with van der Waals surface area (Å²) < 4.78 is 0.632. The molecule has 1 rings (SSSR count). The molecule has 0 saturated carbocycles. The van der Waals surface area contributed by atoms with Crippen LogP contribution in [0.5, 0.6) is 0 Å². The van der Waals surface area contributed by atoms with Crippen LogP contribution in [-0.2, 0) is 6.42 Å². The van der Waals surface area contributed by atoms with Crippen LogP contribution in [0.25, 0.3) is 0 Å². The minimum Gasteiger partial charge on any atom is -0.224 e. The molecule has 0 spiro atoms. The van der Waals surface area contributed by atoms with Crippen LogP contribution in [-0.4, -0.2) is 24.1 Å². The van der Waals surface area contributed by atoms with Crippen LogP contribution >= 0.6 is 11.8 Å². The number of halogens is 1. The third-order valence-electron chi connectivity index (χ3n) is 5.69. The molecule has 1 atom stereocenters. The minimum atomic E-state index is 0.632. The Morgan fingerprint density at radius 3 is 1.56 bits per heavy atom. The monoisotopic (exact) mass is 394 g/mol. The lowest BCUT2D eigenvalue weighted by molar-refractivity contribution is -0.794. The first kappa shape index (κ1) is 24.5.